The molecular formula is C108H72O7. The molecule has 7 heteroatoms. The maximum atomic E-state index is 13.8. The van der Waals surface area contributed by atoms with Crippen molar-refractivity contribution in [2.75, 3.05) is 0 Å². The lowest BCUT2D eigenvalue weighted by Gasteiger charge is -2.34. The number of hydrogen-bond acceptors (Lipinski definition) is 7. The first-order chi connectivity index (χ1) is 56.3. The van der Waals surface area contributed by atoms with Gasteiger partial charge in [0, 0.05) is 77.9 Å². The van der Waals surface area contributed by atoms with Crippen LogP contribution < -0.4 is 4.74 Å². The number of aliphatic hydroxyl groups is 6. The van der Waals surface area contributed by atoms with Crippen LogP contribution in [0, 0.1) is 0 Å². The van der Waals surface area contributed by atoms with E-state index in [1.54, 1.807) is 0 Å². The van der Waals surface area contributed by atoms with Gasteiger partial charge in [-0.05, 0) is 142 Å². The fourth-order valence-electron chi connectivity index (χ4n) is 20.2. The quantitative estimate of drug-likeness (QED) is 0.0804. The van der Waals surface area contributed by atoms with Crippen molar-refractivity contribution in [3.63, 3.8) is 0 Å². The van der Waals surface area contributed by atoms with E-state index in [1.165, 1.54) is 0 Å². The fourth-order valence-corrected chi connectivity index (χ4v) is 20.2. The predicted octanol–water partition coefficient (Wildman–Crippen LogP) is 22.1. The molecule has 0 bridgehead atoms. The Morgan fingerprint density at radius 2 is 0.322 bits per heavy atom. The Bertz CT molecular complexity index is 6210. The molecule has 0 amide bonds. The highest BCUT2D eigenvalue weighted by atomic mass is 16.5. The van der Waals surface area contributed by atoms with E-state index in [1.807, 2.05) is 328 Å². The van der Waals surface area contributed by atoms with Crippen molar-refractivity contribution in [2.45, 2.75) is 33.6 Å². The zero-order chi connectivity index (χ0) is 77.2. The second kappa shape index (κ2) is 25.4. The molecule has 6 aliphatic rings. The van der Waals surface area contributed by atoms with E-state index in [2.05, 4.69) is 72.8 Å². The minimum atomic E-state index is -1.75. The Balaban J connectivity index is 0.000000152. The van der Waals surface area contributed by atoms with Gasteiger partial charge >= 0.3 is 0 Å². The second-order valence-electron chi connectivity index (χ2n) is 31.1. The third kappa shape index (κ3) is 9.57. The lowest BCUT2D eigenvalue weighted by molar-refractivity contribution is 0.119. The molecule has 23 rings (SSSR count). The SMILES string of the molecule is OC1(c2ccc(-c3cccc(-c4ccc(C5(O)c6ccccc6-c6ccccc65)cc4)c3)cc2)c2ccccc2-c2ccccc21.OC1(c2ccc(Oc3ccc(C4(O)c5ccccc5-c5ccccc54)cc3C3(O)c4ccccc4-c4ccccc43)c(C3(O)c4ccccc4-c4ccccc43)c2)c2ccccc2-c2ccccc21. The summed E-state index contributed by atoms with van der Waals surface area (Å²) >= 11 is 0. The average Bonchev–Trinajstić information content (AvgIpc) is 1.51. The fraction of sp³-hybridized carbons (Fsp3) is 0.0556. The first kappa shape index (κ1) is 68.1. The minimum Gasteiger partial charge on any atom is -0.457 e. The molecule has 7 nitrogen and oxygen atoms in total. The maximum Gasteiger partial charge on any atom is 0.145 e. The highest BCUT2D eigenvalue weighted by Crippen LogP contribution is 2.61. The van der Waals surface area contributed by atoms with Crippen molar-refractivity contribution in [3.05, 3.63) is 501 Å². The summed E-state index contributed by atoms with van der Waals surface area (Å²) in [6.07, 6.45) is 0. The van der Waals surface area contributed by atoms with Gasteiger partial charge in [-0.15, -0.1) is 0 Å². The van der Waals surface area contributed by atoms with Gasteiger partial charge in [0.05, 0.1) is 0 Å². The molecule has 0 heterocycles. The van der Waals surface area contributed by atoms with Crippen LogP contribution in [0.15, 0.2) is 400 Å². The van der Waals surface area contributed by atoms with E-state index in [0.29, 0.717) is 56.0 Å². The molecule has 0 aromatic heterocycles. The van der Waals surface area contributed by atoms with Crippen molar-refractivity contribution in [3.8, 4) is 101 Å². The van der Waals surface area contributed by atoms with Crippen LogP contribution in [0.25, 0.3) is 89.0 Å². The first-order valence-corrected chi connectivity index (χ1v) is 39.1. The molecule has 17 aromatic rings. The number of ether oxygens (including phenoxy) is 1. The van der Waals surface area contributed by atoms with Gasteiger partial charge in [-0.1, -0.05) is 370 Å². The minimum absolute atomic E-state index is 0.323. The topological polar surface area (TPSA) is 131 Å². The summed E-state index contributed by atoms with van der Waals surface area (Å²) in [6, 6.07) is 132. The van der Waals surface area contributed by atoms with Crippen LogP contribution >= 0.6 is 0 Å². The summed E-state index contributed by atoms with van der Waals surface area (Å²) in [7, 11) is 0. The lowest BCUT2D eigenvalue weighted by atomic mass is 9.78. The van der Waals surface area contributed by atoms with Gasteiger partial charge in [0.2, 0.25) is 0 Å². The number of benzene rings is 17. The summed E-state index contributed by atoms with van der Waals surface area (Å²) in [5, 5.41) is 78.7. The first-order valence-electron chi connectivity index (χ1n) is 39.1. The monoisotopic (exact) mass is 1480 g/mol. The Morgan fingerprint density at radius 3 is 0.539 bits per heavy atom. The molecule has 6 aliphatic carbocycles. The molecule has 17 aromatic carbocycles. The largest absolute Gasteiger partial charge is 0.457 e. The molecule has 6 N–H and O–H groups in total. The van der Waals surface area contributed by atoms with Crippen LogP contribution in [0.1, 0.15) is 100 Å². The van der Waals surface area contributed by atoms with E-state index in [9.17, 15) is 30.6 Å². The van der Waals surface area contributed by atoms with E-state index in [-0.39, 0.29) is 0 Å². The standard InChI is InChI=1S/C64H42O5.C44H30O2/c65-61(49-25-9-1-17-41(49)42-18-2-10-26-50(42)61)39-33-35-59(57(37-39)63(67)53-29-13-5-21-45(53)46-22-6-14-30-54(46)63)69-60-36-34-40(62(66)51-27-11-3-19-43(51)44-20-4-12-28-52(44)62)38-58(60)64(68)55-31-15-7-23-47(55)48-24-8-16-32-56(48)64;45-43(39-16-5-1-12-35(39)36-13-2-6-17-40(36)43)33-24-20-29(21-25-33)31-10-9-11-32(28-31)30-22-26-34(27-23-30)44(46)41-18-7-3-14-37(41)38-15-4-8-19-42(38)44/h1-38,65-68H;1-28,45-46H. The van der Waals surface area contributed by atoms with Gasteiger partial charge in [-0.2, -0.15) is 0 Å². The van der Waals surface area contributed by atoms with Crippen LogP contribution in [0.3, 0.4) is 0 Å². The molecule has 0 unspecified atom stereocenters. The van der Waals surface area contributed by atoms with Crippen molar-refractivity contribution in [1.82, 2.24) is 0 Å². The zero-order valence-electron chi connectivity index (χ0n) is 62.2. The van der Waals surface area contributed by atoms with Gasteiger partial charge in [-0.25, -0.2) is 0 Å². The summed E-state index contributed by atoms with van der Waals surface area (Å²) in [5.41, 5.74) is 20.1. The van der Waals surface area contributed by atoms with Crippen molar-refractivity contribution in [1.29, 1.82) is 0 Å². The van der Waals surface area contributed by atoms with E-state index in [0.717, 1.165) is 145 Å². The molecule has 0 spiro atoms. The Kier molecular flexibility index (Phi) is 15.1. The Morgan fingerprint density at radius 1 is 0.139 bits per heavy atom. The summed E-state index contributed by atoms with van der Waals surface area (Å²) in [6.45, 7) is 0. The third-order valence-corrected chi connectivity index (χ3v) is 25.5. The molecule has 0 saturated carbocycles. The highest BCUT2D eigenvalue weighted by molar-refractivity contribution is 5.90. The Hall–Kier alpha value is -13.7. The third-order valence-electron chi connectivity index (χ3n) is 25.5. The Labute approximate surface area is 665 Å². The van der Waals surface area contributed by atoms with Gasteiger partial charge < -0.3 is 35.4 Å². The number of rotatable bonds is 10. The van der Waals surface area contributed by atoms with Gasteiger partial charge in [0.15, 0.2) is 0 Å². The van der Waals surface area contributed by atoms with E-state index < -0.39 is 33.6 Å². The smallest absolute Gasteiger partial charge is 0.145 e. The molecule has 0 radical (unpaired) electrons. The molecule has 0 fully saturated rings. The van der Waals surface area contributed by atoms with E-state index in [4.69, 9.17) is 4.74 Å². The van der Waals surface area contributed by atoms with Gasteiger partial charge in [-0.3, -0.25) is 0 Å². The van der Waals surface area contributed by atoms with Crippen LogP contribution in [0.5, 0.6) is 11.5 Å². The zero-order valence-corrected chi connectivity index (χ0v) is 62.2. The lowest BCUT2D eigenvalue weighted by Crippen LogP contribution is -2.31. The van der Waals surface area contributed by atoms with Crippen LogP contribution in [-0.2, 0) is 33.6 Å². The normalized spacial score (nSPS) is 15.5. The van der Waals surface area contributed by atoms with E-state index >= 15 is 0 Å². The van der Waals surface area contributed by atoms with Crippen molar-refractivity contribution >= 4 is 0 Å². The number of hydrogen-bond donors (Lipinski definition) is 6. The molecular weight excluding hydrogens is 1410 g/mol. The van der Waals surface area contributed by atoms with Crippen molar-refractivity contribution < 1.29 is 35.4 Å². The number of fused-ring (bicyclic) bond motifs is 18. The van der Waals surface area contributed by atoms with Crippen LogP contribution in [0.2, 0.25) is 0 Å². The van der Waals surface area contributed by atoms with Crippen LogP contribution in [-0.4, -0.2) is 30.6 Å². The maximum absolute atomic E-state index is 13.8. The highest BCUT2D eigenvalue weighted by Gasteiger charge is 2.52. The molecule has 0 aliphatic heterocycles. The molecule has 0 atom stereocenters. The summed E-state index contributed by atoms with van der Waals surface area (Å²) in [4.78, 5) is 0. The van der Waals surface area contributed by atoms with Gasteiger partial charge in [0.25, 0.3) is 0 Å². The molecule has 546 valence electrons. The summed E-state index contributed by atoms with van der Waals surface area (Å²) in [5.74, 6) is 0.645. The molecule has 115 heavy (non-hydrogen) atoms. The van der Waals surface area contributed by atoms with Crippen LogP contribution in [0.4, 0.5) is 0 Å². The average molecular weight is 1480 g/mol. The summed E-state index contributed by atoms with van der Waals surface area (Å²) < 4.78 is 7.35. The van der Waals surface area contributed by atoms with Gasteiger partial charge in [0.1, 0.15) is 45.1 Å². The second-order valence-corrected chi connectivity index (χ2v) is 31.1. The molecule has 0 saturated heterocycles. The van der Waals surface area contributed by atoms with Crippen molar-refractivity contribution in [2.24, 2.45) is 0 Å². The predicted molar refractivity (Wildman–Crippen MR) is 454 cm³/mol.